The molecular weight excluding hydrogens is 270 g/mol. The summed E-state index contributed by atoms with van der Waals surface area (Å²) in [5.74, 6) is 0. The maximum atomic E-state index is 5.90. The number of nitrogens with zero attached hydrogens (tertiary/aromatic N) is 2. The predicted molar refractivity (Wildman–Crippen MR) is 86.8 cm³/mol. The number of rotatable bonds is 5. The van der Waals surface area contributed by atoms with Gasteiger partial charge in [0.2, 0.25) is 0 Å². The maximum absolute atomic E-state index is 5.90. The summed E-state index contributed by atoms with van der Waals surface area (Å²) in [7, 11) is 4.06. The molecule has 1 unspecified atom stereocenters. The third kappa shape index (κ3) is 3.87. The second-order valence-corrected chi connectivity index (χ2v) is 5.60. The van der Waals surface area contributed by atoms with Gasteiger partial charge in [0, 0.05) is 31.4 Å². The molecule has 0 saturated carbocycles. The Labute approximate surface area is 125 Å². The SMILES string of the molecule is CC(Cc1ccc(Cl)cc1)Nc1cnccc1N(C)C. The molecule has 20 heavy (non-hydrogen) atoms. The van der Waals surface area contributed by atoms with Crippen molar-refractivity contribution in [1.29, 1.82) is 0 Å². The number of halogens is 1. The predicted octanol–water partition coefficient (Wildman–Crippen LogP) is 3.84. The van der Waals surface area contributed by atoms with Gasteiger partial charge in [-0.3, -0.25) is 4.98 Å². The first-order chi connectivity index (χ1) is 9.56. The second kappa shape index (κ2) is 6.62. The molecule has 2 rings (SSSR count). The Morgan fingerprint density at radius 2 is 1.90 bits per heavy atom. The molecule has 1 N–H and O–H groups in total. The van der Waals surface area contributed by atoms with Crippen LogP contribution in [0, 0.1) is 0 Å². The van der Waals surface area contributed by atoms with Crippen molar-refractivity contribution >= 4 is 23.0 Å². The van der Waals surface area contributed by atoms with E-state index in [1.807, 2.05) is 44.7 Å². The first-order valence-corrected chi connectivity index (χ1v) is 7.06. The highest BCUT2D eigenvalue weighted by atomic mass is 35.5. The third-order valence-electron chi connectivity index (χ3n) is 3.14. The number of aromatic nitrogens is 1. The molecule has 0 amide bonds. The highest BCUT2D eigenvalue weighted by Crippen LogP contribution is 2.23. The zero-order chi connectivity index (χ0) is 14.5. The lowest BCUT2D eigenvalue weighted by Crippen LogP contribution is -2.20. The van der Waals surface area contributed by atoms with Gasteiger partial charge in [0.05, 0.1) is 17.6 Å². The monoisotopic (exact) mass is 289 g/mol. The molecule has 106 valence electrons. The molecule has 0 fully saturated rings. The highest BCUT2D eigenvalue weighted by Gasteiger charge is 2.08. The van der Waals surface area contributed by atoms with Crippen molar-refractivity contribution < 1.29 is 0 Å². The van der Waals surface area contributed by atoms with Crippen molar-refractivity contribution in [3.05, 3.63) is 53.3 Å². The summed E-state index contributed by atoms with van der Waals surface area (Å²) in [4.78, 5) is 6.28. The lowest BCUT2D eigenvalue weighted by Gasteiger charge is -2.21. The molecule has 0 bridgehead atoms. The standard InChI is InChI=1S/C16H20ClN3/c1-12(10-13-4-6-14(17)7-5-13)19-15-11-18-9-8-16(15)20(2)3/h4-9,11-12,19H,10H2,1-3H3. The van der Waals surface area contributed by atoms with E-state index < -0.39 is 0 Å². The molecule has 1 aromatic heterocycles. The van der Waals surface area contributed by atoms with Gasteiger partial charge >= 0.3 is 0 Å². The summed E-state index contributed by atoms with van der Waals surface area (Å²) in [6.45, 7) is 2.17. The van der Waals surface area contributed by atoms with Crippen LogP contribution >= 0.6 is 11.6 Å². The van der Waals surface area contributed by atoms with Gasteiger partial charge in [0.25, 0.3) is 0 Å². The van der Waals surface area contributed by atoms with Crippen LogP contribution in [-0.4, -0.2) is 25.1 Å². The van der Waals surface area contributed by atoms with E-state index in [2.05, 4.69) is 34.3 Å². The fourth-order valence-electron chi connectivity index (χ4n) is 2.18. The van der Waals surface area contributed by atoms with Crippen LogP contribution in [0.5, 0.6) is 0 Å². The minimum absolute atomic E-state index is 0.319. The molecule has 1 atom stereocenters. The fraction of sp³-hybridized carbons (Fsp3) is 0.312. The average molecular weight is 290 g/mol. The minimum atomic E-state index is 0.319. The van der Waals surface area contributed by atoms with E-state index in [0.29, 0.717) is 6.04 Å². The Kier molecular flexibility index (Phi) is 4.85. The summed E-state index contributed by atoms with van der Waals surface area (Å²) >= 11 is 5.90. The number of benzene rings is 1. The van der Waals surface area contributed by atoms with Crippen LogP contribution in [0.4, 0.5) is 11.4 Å². The zero-order valence-electron chi connectivity index (χ0n) is 12.1. The second-order valence-electron chi connectivity index (χ2n) is 5.16. The fourth-order valence-corrected chi connectivity index (χ4v) is 2.30. The molecule has 0 aliphatic carbocycles. The smallest absolute Gasteiger partial charge is 0.0766 e. The van der Waals surface area contributed by atoms with E-state index in [9.17, 15) is 0 Å². The van der Waals surface area contributed by atoms with Crippen LogP contribution in [0.25, 0.3) is 0 Å². The first-order valence-electron chi connectivity index (χ1n) is 6.68. The van der Waals surface area contributed by atoms with Gasteiger partial charge in [-0.05, 0) is 37.1 Å². The largest absolute Gasteiger partial charge is 0.379 e. The molecule has 1 aromatic carbocycles. The summed E-state index contributed by atoms with van der Waals surface area (Å²) < 4.78 is 0. The van der Waals surface area contributed by atoms with E-state index in [-0.39, 0.29) is 0 Å². The molecule has 0 aliphatic rings. The van der Waals surface area contributed by atoms with E-state index in [1.165, 1.54) is 5.56 Å². The third-order valence-corrected chi connectivity index (χ3v) is 3.39. The molecule has 0 radical (unpaired) electrons. The topological polar surface area (TPSA) is 28.2 Å². The van der Waals surface area contributed by atoms with E-state index in [0.717, 1.165) is 22.8 Å². The Morgan fingerprint density at radius 1 is 1.20 bits per heavy atom. The maximum Gasteiger partial charge on any atom is 0.0766 e. The van der Waals surface area contributed by atoms with Crippen LogP contribution in [0.1, 0.15) is 12.5 Å². The number of pyridine rings is 1. The molecule has 1 heterocycles. The van der Waals surface area contributed by atoms with Crippen molar-refractivity contribution in [2.24, 2.45) is 0 Å². The van der Waals surface area contributed by atoms with E-state index in [1.54, 1.807) is 0 Å². The number of nitrogens with one attached hydrogen (secondary N) is 1. The van der Waals surface area contributed by atoms with Gasteiger partial charge < -0.3 is 10.2 Å². The van der Waals surface area contributed by atoms with Crippen molar-refractivity contribution in [2.75, 3.05) is 24.3 Å². The highest BCUT2D eigenvalue weighted by molar-refractivity contribution is 6.30. The first kappa shape index (κ1) is 14.7. The quantitative estimate of drug-likeness (QED) is 0.906. The summed E-state index contributed by atoms with van der Waals surface area (Å²) in [5, 5.41) is 4.29. The summed E-state index contributed by atoms with van der Waals surface area (Å²) in [6.07, 6.45) is 4.62. The van der Waals surface area contributed by atoms with E-state index >= 15 is 0 Å². The minimum Gasteiger partial charge on any atom is -0.379 e. The summed E-state index contributed by atoms with van der Waals surface area (Å²) in [6, 6.07) is 10.3. The average Bonchev–Trinajstić information content (AvgIpc) is 2.41. The Morgan fingerprint density at radius 3 is 2.55 bits per heavy atom. The number of hydrogen-bond acceptors (Lipinski definition) is 3. The van der Waals surface area contributed by atoms with Gasteiger partial charge in [-0.2, -0.15) is 0 Å². The van der Waals surface area contributed by atoms with Crippen molar-refractivity contribution in [3.8, 4) is 0 Å². The van der Waals surface area contributed by atoms with Gasteiger partial charge in [-0.15, -0.1) is 0 Å². The lowest BCUT2D eigenvalue weighted by atomic mass is 10.1. The zero-order valence-corrected chi connectivity index (χ0v) is 12.9. The van der Waals surface area contributed by atoms with Crippen LogP contribution in [0.2, 0.25) is 5.02 Å². The van der Waals surface area contributed by atoms with Gasteiger partial charge in [0.1, 0.15) is 0 Å². The summed E-state index contributed by atoms with van der Waals surface area (Å²) in [5.41, 5.74) is 3.46. The van der Waals surface area contributed by atoms with Crippen molar-refractivity contribution in [3.63, 3.8) is 0 Å². The van der Waals surface area contributed by atoms with Crippen LogP contribution in [0.3, 0.4) is 0 Å². The van der Waals surface area contributed by atoms with Crippen molar-refractivity contribution in [2.45, 2.75) is 19.4 Å². The molecule has 3 nitrogen and oxygen atoms in total. The Balaban J connectivity index is 2.04. The van der Waals surface area contributed by atoms with Crippen LogP contribution < -0.4 is 10.2 Å². The normalized spacial score (nSPS) is 12.0. The number of hydrogen-bond donors (Lipinski definition) is 1. The molecule has 4 heteroatoms. The molecule has 0 aliphatic heterocycles. The van der Waals surface area contributed by atoms with Gasteiger partial charge in [0.15, 0.2) is 0 Å². The van der Waals surface area contributed by atoms with Crippen LogP contribution in [0.15, 0.2) is 42.7 Å². The van der Waals surface area contributed by atoms with E-state index in [4.69, 9.17) is 11.6 Å². The van der Waals surface area contributed by atoms with Gasteiger partial charge in [-0.25, -0.2) is 0 Å². The molecular formula is C16H20ClN3. The van der Waals surface area contributed by atoms with Crippen molar-refractivity contribution in [1.82, 2.24) is 4.98 Å². The van der Waals surface area contributed by atoms with Crippen LogP contribution in [-0.2, 0) is 6.42 Å². The Bertz CT molecular complexity index is 552. The lowest BCUT2D eigenvalue weighted by molar-refractivity contribution is 0.789. The molecule has 2 aromatic rings. The van der Waals surface area contributed by atoms with Gasteiger partial charge in [-0.1, -0.05) is 23.7 Å². The number of anilines is 2. The molecule has 0 spiro atoms. The molecule has 0 saturated heterocycles. The Hall–Kier alpha value is -1.74.